The smallest absolute Gasteiger partial charge is 0.340 e. The number of benzene rings is 2. The van der Waals surface area contributed by atoms with Gasteiger partial charge in [0.1, 0.15) is 6.54 Å². The third-order valence-corrected chi connectivity index (χ3v) is 4.62. The van der Waals surface area contributed by atoms with Crippen molar-refractivity contribution in [1.29, 1.82) is 0 Å². The fourth-order valence-corrected chi connectivity index (χ4v) is 3.08. The molecule has 0 aliphatic rings. The van der Waals surface area contributed by atoms with E-state index in [0.717, 1.165) is 16.5 Å². The van der Waals surface area contributed by atoms with Gasteiger partial charge in [-0.3, -0.25) is 9.59 Å². The first kappa shape index (κ1) is 20.1. The maximum atomic E-state index is 12.7. The molecule has 0 aliphatic heterocycles. The van der Waals surface area contributed by atoms with Crippen molar-refractivity contribution in [3.63, 3.8) is 0 Å². The standard InChI is InChI=1S/C22H23N3O4/c1-4-20(26)23-15-10-9-14(2)18(11-15)24-21(27)13-25-12-17(22(28)29-3)16-7-5-6-8-19(16)25/h5-12H,4,13H2,1-3H3,(H,23,26)(H,24,27). The first-order valence-electron chi connectivity index (χ1n) is 9.29. The summed E-state index contributed by atoms with van der Waals surface area (Å²) in [6.07, 6.45) is 2.00. The topological polar surface area (TPSA) is 89.4 Å². The van der Waals surface area contributed by atoms with Crippen LogP contribution in [-0.2, 0) is 20.9 Å². The van der Waals surface area contributed by atoms with Crippen molar-refractivity contribution in [2.24, 2.45) is 0 Å². The van der Waals surface area contributed by atoms with E-state index in [1.807, 2.05) is 37.3 Å². The van der Waals surface area contributed by atoms with Crippen molar-refractivity contribution in [1.82, 2.24) is 4.57 Å². The third kappa shape index (κ3) is 4.45. The minimum Gasteiger partial charge on any atom is -0.465 e. The van der Waals surface area contributed by atoms with E-state index in [0.29, 0.717) is 23.4 Å². The fraction of sp³-hybridized carbons (Fsp3) is 0.227. The lowest BCUT2D eigenvalue weighted by Gasteiger charge is -2.12. The van der Waals surface area contributed by atoms with Gasteiger partial charge in [0, 0.05) is 34.9 Å². The number of aryl methyl sites for hydroxylation is 1. The first-order chi connectivity index (χ1) is 13.9. The number of nitrogens with zero attached hydrogens (tertiary/aromatic N) is 1. The van der Waals surface area contributed by atoms with Gasteiger partial charge in [-0.25, -0.2) is 4.79 Å². The van der Waals surface area contributed by atoms with Gasteiger partial charge in [0.2, 0.25) is 11.8 Å². The molecule has 1 heterocycles. The van der Waals surface area contributed by atoms with E-state index >= 15 is 0 Å². The molecule has 0 saturated heterocycles. The van der Waals surface area contributed by atoms with Gasteiger partial charge in [-0.15, -0.1) is 0 Å². The first-order valence-corrected chi connectivity index (χ1v) is 9.29. The molecule has 0 bridgehead atoms. The van der Waals surface area contributed by atoms with Crippen LogP contribution in [0, 0.1) is 6.92 Å². The van der Waals surface area contributed by atoms with Crippen molar-refractivity contribution >= 4 is 40.1 Å². The minimum atomic E-state index is -0.449. The molecule has 0 spiro atoms. The Bertz CT molecular complexity index is 1080. The molecule has 150 valence electrons. The molecule has 1 aromatic heterocycles. The number of carbonyl (C=O) groups is 3. The molecule has 7 nitrogen and oxygen atoms in total. The second-order valence-electron chi connectivity index (χ2n) is 6.66. The number of para-hydroxylation sites is 1. The number of rotatable bonds is 6. The van der Waals surface area contributed by atoms with Crippen LogP contribution >= 0.6 is 0 Å². The number of carbonyl (C=O) groups excluding carboxylic acids is 3. The summed E-state index contributed by atoms with van der Waals surface area (Å²) < 4.78 is 6.56. The second-order valence-corrected chi connectivity index (χ2v) is 6.66. The summed E-state index contributed by atoms with van der Waals surface area (Å²) in [5.74, 6) is -0.792. The van der Waals surface area contributed by atoms with E-state index in [-0.39, 0.29) is 18.4 Å². The lowest BCUT2D eigenvalue weighted by Crippen LogP contribution is -2.19. The van der Waals surface area contributed by atoms with Gasteiger partial charge in [-0.05, 0) is 30.7 Å². The van der Waals surface area contributed by atoms with E-state index in [1.54, 1.807) is 29.8 Å². The maximum Gasteiger partial charge on any atom is 0.340 e. The molecule has 3 rings (SSSR count). The number of aromatic nitrogens is 1. The van der Waals surface area contributed by atoms with Gasteiger partial charge in [-0.2, -0.15) is 0 Å². The Labute approximate surface area is 168 Å². The summed E-state index contributed by atoms with van der Waals surface area (Å²) in [6, 6.07) is 12.7. The third-order valence-electron chi connectivity index (χ3n) is 4.62. The van der Waals surface area contributed by atoms with E-state index in [9.17, 15) is 14.4 Å². The lowest BCUT2D eigenvalue weighted by atomic mass is 10.1. The van der Waals surface area contributed by atoms with E-state index in [1.165, 1.54) is 7.11 Å². The molecule has 0 fully saturated rings. The second kappa shape index (κ2) is 8.60. The highest BCUT2D eigenvalue weighted by Crippen LogP contribution is 2.23. The summed E-state index contributed by atoms with van der Waals surface area (Å²) in [5, 5.41) is 6.39. The number of esters is 1. The zero-order valence-corrected chi connectivity index (χ0v) is 16.6. The highest BCUT2D eigenvalue weighted by molar-refractivity contribution is 6.05. The number of nitrogens with one attached hydrogen (secondary N) is 2. The van der Waals surface area contributed by atoms with Gasteiger partial charge in [-0.1, -0.05) is 31.2 Å². The van der Waals surface area contributed by atoms with E-state index in [2.05, 4.69) is 10.6 Å². The highest BCUT2D eigenvalue weighted by atomic mass is 16.5. The monoisotopic (exact) mass is 393 g/mol. The Morgan fingerprint density at radius 1 is 1.03 bits per heavy atom. The number of methoxy groups -OCH3 is 1. The molecule has 0 aliphatic carbocycles. The molecule has 0 radical (unpaired) electrons. The molecule has 7 heteroatoms. The van der Waals surface area contributed by atoms with E-state index < -0.39 is 5.97 Å². The van der Waals surface area contributed by atoms with Crippen LogP contribution in [0.4, 0.5) is 11.4 Å². The minimum absolute atomic E-state index is 0.0303. The van der Waals surface area contributed by atoms with Gasteiger partial charge in [0.15, 0.2) is 0 Å². The zero-order valence-electron chi connectivity index (χ0n) is 16.6. The Hall–Kier alpha value is -3.61. The number of anilines is 2. The van der Waals surface area contributed by atoms with Gasteiger partial charge in [0.25, 0.3) is 0 Å². The number of hydrogen-bond acceptors (Lipinski definition) is 4. The van der Waals surface area contributed by atoms with Crippen LogP contribution in [0.3, 0.4) is 0 Å². The lowest BCUT2D eigenvalue weighted by molar-refractivity contribution is -0.117. The van der Waals surface area contributed by atoms with Gasteiger partial charge < -0.3 is 19.9 Å². The zero-order chi connectivity index (χ0) is 21.0. The summed E-state index contributed by atoms with van der Waals surface area (Å²) in [5.41, 5.74) is 3.30. The predicted octanol–water partition coefficient (Wildman–Crippen LogP) is 3.72. The molecule has 3 aromatic rings. The number of hydrogen-bond donors (Lipinski definition) is 2. The number of amides is 2. The molecule has 0 saturated carbocycles. The average molecular weight is 393 g/mol. The molecule has 29 heavy (non-hydrogen) atoms. The van der Waals surface area contributed by atoms with Crippen molar-refractivity contribution in [3.8, 4) is 0 Å². The predicted molar refractivity (Wildman–Crippen MR) is 112 cm³/mol. The normalized spacial score (nSPS) is 10.6. The summed E-state index contributed by atoms with van der Waals surface area (Å²) in [7, 11) is 1.33. The fourth-order valence-electron chi connectivity index (χ4n) is 3.08. The van der Waals surface area contributed by atoms with Crippen molar-refractivity contribution in [3.05, 3.63) is 59.8 Å². The summed E-state index contributed by atoms with van der Waals surface area (Å²) in [4.78, 5) is 36.3. The van der Waals surface area contributed by atoms with Crippen LogP contribution in [0.1, 0.15) is 29.3 Å². The highest BCUT2D eigenvalue weighted by Gasteiger charge is 2.17. The summed E-state index contributed by atoms with van der Waals surface area (Å²) in [6.45, 7) is 3.68. The molecule has 2 N–H and O–H groups in total. The molecular weight excluding hydrogens is 370 g/mol. The van der Waals surface area contributed by atoms with Crippen LogP contribution < -0.4 is 10.6 Å². The Balaban J connectivity index is 1.82. The molecule has 0 unspecified atom stereocenters. The Kier molecular flexibility index (Phi) is 5.97. The molecule has 0 atom stereocenters. The number of ether oxygens (including phenoxy) is 1. The molecule has 2 amide bonds. The van der Waals surface area contributed by atoms with E-state index in [4.69, 9.17) is 4.74 Å². The Morgan fingerprint density at radius 2 is 1.79 bits per heavy atom. The van der Waals surface area contributed by atoms with Crippen LogP contribution in [0.15, 0.2) is 48.7 Å². The van der Waals surface area contributed by atoms with Gasteiger partial charge >= 0.3 is 5.97 Å². The van der Waals surface area contributed by atoms with Crippen LogP contribution in [-0.4, -0.2) is 29.5 Å². The number of fused-ring (bicyclic) bond motifs is 1. The largest absolute Gasteiger partial charge is 0.465 e. The molecule has 2 aromatic carbocycles. The Morgan fingerprint density at radius 3 is 2.52 bits per heavy atom. The average Bonchev–Trinajstić information content (AvgIpc) is 3.08. The quantitative estimate of drug-likeness (QED) is 0.625. The maximum absolute atomic E-state index is 12.7. The molecular formula is C22H23N3O4. The van der Waals surface area contributed by atoms with Crippen molar-refractivity contribution in [2.75, 3.05) is 17.7 Å². The van der Waals surface area contributed by atoms with Gasteiger partial charge in [0.05, 0.1) is 12.7 Å². The van der Waals surface area contributed by atoms with Crippen LogP contribution in [0.25, 0.3) is 10.9 Å². The van der Waals surface area contributed by atoms with Crippen LogP contribution in [0.2, 0.25) is 0 Å². The SMILES string of the molecule is CCC(=O)Nc1ccc(C)c(NC(=O)Cn2cc(C(=O)OC)c3ccccc32)c1. The van der Waals surface area contributed by atoms with Crippen molar-refractivity contribution < 1.29 is 19.1 Å². The van der Waals surface area contributed by atoms with Crippen LogP contribution in [0.5, 0.6) is 0 Å². The van der Waals surface area contributed by atoms with Crippen molar-refractivity contribution in [2.45, 2.75) is 26.8 Å². The summed E-state index contributed by atoms with van der Waals surface area (Å²) >= 11 is 0.